The van der Waals surface area contributed by atoms with Crippen LogP contribution in [0.1, 0.15) is 75.3 Å². The van der Waals surface area contributed by atoms with E-state index >= 15 is 0 Å². The van der Waals surface area contributed by atoms with Gasteiger partial charge in [0.25, 0.3) is 0 Å². The van der Waals surface area contributed by atoms with Crippen LogP contribution in [0, 0.1) is 23.1 Å². The average molecular weight is 350 g/mol. The van der Waals surface area contributed by atoms with Crippen LogP contribution in [0.5, 0.6) is 0 Å². The molecular weight excluding hydrogens is 323 g/mol. The predicted octanol–water partition coefficient (Wildman–Crippen LogP) is 6.61. The van der Waals surface area contributed by atoms with Crippen molar-refractivity contribution in [2.45, 2.75) is 64.2 Å². The molecule has 0 unspecified atom stereocenters. The van der Waals surface area contributed by atoms with Crippen LogP contribution in [0.15, 0.2) is 36.5 Å². The molecule has 1 aliphatic carbocycles. The molecule has 0 bridgehead atoms. The molecule has 2 nitrogen and oxygen atoms in total. The highest BCUT2D eigenvalue weighted by atomic mass is 19.1. The lowest BCUT2D eigenvalue weighted by atomic mass is 9.77. The lowest BCUT2D eigenvalue weighted by Crippen LogP contribution is -2.13. The van der Waals surface area contributed by atoms with Crippen molar-refractivity contribution < 1.29 is 4.39 Å². The zero-order chi connectivity index (χ0) is 18.4. The molecule has 3 heteroatoms. The second-order valence-electron chi connectivity index (χ2n) is 7.50. The van der Waals surface area contributed by atoms with Crippen molar-refractivity contribution >= 4 is 0 Å². The number of halogens is 1. The van der Waals surface area contributed by atoms with E-state index in [9.17, 15) is 4.39 Å². The Bertz CT molecular complexity index is 753. The number of nitrogens with zero attached hydrogens (tertiary/aromatic N) is 2. The molecule has 136 valence electrons. The zero-order valence-corrected chi connectivity index (χ0v) is 15.5. The van der Waals surface area contributed by atoms with Crippen LogP contribution < -0.4 is 0 Å². The Morgan fingerprint density at radius 2 is 1.92 bits per heavy atom. The molecule has 0 spiro atoms. The third-order valence-corrected chi connectivity index (χ3v) is 5.71. The molecule has 26 heavy (non-hydrogen) atoms. The van der Waals surface area contributed by atoms with E-state index in [0.29, 0.717) is 11.5 Å². The van der Waals surface area contributed by atoms with Crippen molar-refractivity contribution in [1.82, 2.24) is 4.98 Å². The fourth-order valence-corrected chi connectivity index (χ4v) is 4.05. The van der Waals surface area contributed by atoms with Crippen LogP contribution in [-0.4, -0.2) is 4.98 Å². The maximum absolute atomic E-state index is 13.8. The summed E-state index contributed by atoms with van der Waals surface area (Å²) in [7, 11) is 0. The quantitative estimate of drug-likeness (QED) is 0.549. The molecule has 0 aliphatic heterocycles. The minimum Gasteiger partial charge on any atom is -0.256 e. The minimum absolute atomic E-state index is 0.0704. The molecule has 1 aromatic heterocycles. The number of hydrogen-bond acceptors (Lipinski definition) is 2. The molecule has 1 fully saturated rings. The second-order valence-corrected chi connectivity index (χ2v) is 7.50. The summed E-state index contributed by atoms with van der Waals surface area (Å²) in [4.78, 5) is 4.55. The van der Waals surface area contributed by atoms with E-state index in [1.54, 1.807) is 6.07 Å². The average Bonchev–Trinajstić information content (AvgIpc) is 2.69. The molecule has 3 rings (SSSR count). The zero-order valence-electron chi connectivity index (χ0n) is 15.5. The summed E-state index contributed by atoms with van der Waals surface area (Å²) in [5, 5.41) is 8.83. The van der Waals surface area contributed by atoms with E-state index in [1.807, 2.05) is 18.3 Å². The molecule has 1 aromatic carbocycles. The van der Waals surface area contributed by atoms with E-state index < -0.39 is 5.82 Å². The van der Waals surface area contributed by atoms with Crippen molar-refractivity contribution in [3.05, 3.63) is 53.5 Å². The Balaban J connectivity index is 1.60. The first-order chi connectivity index (χ1) is 12.7. The number of hydrogen-bond donors (Lipinski definition) is 0. The van der Waals surface area contributed by atoms with Crippen LogP contribution in [0.3, 0.4) is 0 Å². The topological polar surface area (TPSA) is 36.7 Å². The Labute approximate surface area is 156 Å². The number of aromatic nitrogens is 1. The molecule has 1 saturated carbocycles. The van der Waals surface area contributed by atoms with Gasteiger partial charge in [0.15, 0.2) is 0 Å². The van der Waals surface area contributed by atoms with Gasteiger partial charge >= 0.3 is 0 Å². The van der Waals surface area contributed by atoms with Crippen LogP contribution in [0.4, 0.5) is 4.39 Å². The summed E-state index contributed by atoms with van der Waals surface area (Å²) in [6.45, 7) is 2.26. The van der Waals surface area contributed by atoms with Gasteiger partial charge in [-0.1, -0.05) is 44.7 Å². The Kier molecular flexibility index (Phi) is 6.39. The third-order valence-electron chi connectivity index (χ3n) is 5.71. The van der Waals surface area contributed by atoms with Gasteiger partial charge in [0, 0.05) is 11.8 Å². The van der Waals surface area contributed by atoms with Crippen molar-refractivity contribution in [3.63, 3.8) is 0 Å². The molecule has 0 N–H and O–H groups in total. The summed E-state index contributed by atoms with van der Waals surface area (Å²) >= 11 is 0. The van der Waals surface area contributed by atoms with Crippen molar-refractivity contribution in [2.75, 3.05) is 0 Å². The number of nitriles is 1. The maximum atomic E-state index is 13.8. The largest absolute Gasteiger partial charge is 0.256 e. The van der Waals surface area contributed by atoms with Gasteiger partial charge in [0.05, 0.1) is 11.3 Å². The minimum atomic E-state index is -0.489. The third kappa shape index (κ3) is 4.49. The highest BCUT2D eigenvalue weighted by Gasteiger charge is 2.22. The van der Waals surface area contributed by atoms with Gasteiger partial charge in [-0.25, -0.2) is 4.39 Å². The fraction of sp³-hybridized carbons (Fsp3) is 0.478. The van der Waals surface area contributed by atoms with E-state index in [2.05, 4.69) is 18.0 Å². The lowest BCUT2D eigenvalue weighted by Gasteiger charge is -2.28. The van der Waals surface area contributed by atoms with E-state index in [0.717, 1.165) is 11.6 Å². The lowest BCUT2D eigenvalue weighted by molar-refractivity contribution is 0.302. The van der Waals surface area contributed by atoms with Crippen LogP contribution >= 0.6 is 0 Å². The van der Waals surface area contributed by atoms with Gasteiger partial charge in [-0.05, 0) is 61.3 Å². The normalized spacial score (nSPS) is 19.9. The first kappa shape index (κ1) is 18.6. The molecule has 0 radical (unpaired) electrons. The van der Waals surface area contributed by atoms with E-state index in [-0.39, 0.29) is 5.56 Å². The summed E-state index contributed by atoms with van der Waals surface area (Å²) in [6, 6.07) is 10.6. The standard InChI is InChI=1S/C23H27FN2/c1-2-3-4-5-17-6-8-18(9-7-17)21-12-13-23(26-16-21)19-10-11-20(15-25)22(24)14-19/h10-14,16-18H,2-9H2,1H3. The van der Waals surface area contributed by atoms with Crippen molar-refractivity contribution in [1.29, 1.82) is 5.26 Å². The van der Waals surface area contributed by atoms with Gasteiger partial charge in [-0.2, -0.15) is 5.26 Å². The van der Waals surface area contributed by atoms with Crippen molar-refractivity contribution in [2.24, 2.45) is 5.92 Å². The molecule has 1 heterocycles. The summed E-state index contributed by atoms with van der Waals surface area (Å²) in [5.41, 5.74) is 2.84. The maximum Gasteiger partial charge on any atom is 0.141 e. The fourth-order valence-electron chi connectivity index (χ4n) is 4.05. The molecule has 0 amide bonds. The van der Waals surface area contributed by atoms with Gasteiger partial charge < -0.3 is 0 Å². The van der Waals surface area contributed by atoms with Gasteiger partial charge in [-0.3, -0.25) is 4.98 Å². The molecule has 1 aliphatic rings. The summed E-state index contributed by atoms with van der Waals surface area (Å²) in [6.07, 6.45) is 12.6. The van der Waals surface area contributed by atoms with Crippen molar-refractivity contribution in [3.8, 4) is 17.3 Å². The molecule has 0 atom stereocenters. The first-order valence-electron chi connectivity index (χ1n) is 9.87. The Morgan fingerprint density at radius 3 is 2.54 bits per heavy atom. The number of rotatable bonds is 6. The Morgan fingerprint density at radius 1 is 1.12 bits per heavy atom. The monoisotopic (exact) mass is 350 g/mol. The Hall–Kier alpha value is -2.21. The highest BCUT2D eigenvalue weighted by Crippen LogP contribution is 2.37. The first-order valence-corrected chi connectivity index (χ1v) is 9.87. The number of unbranched alkanes of at least 4 members (excludes halogenated alkanes) is 2. The summed E-state index contributed by atoms with van der Waals surface area (Å²) in [5.74, 6) is 1.03. The molecule has 2 aromatic rings. The number of pyridine rings is 1. The van der Waals surface area contributed by atoms with Gasteiger partial charge in [-0.15, -0.1) is 0 Å². The molecular formula is C23H27FN2. The van der Waals surface area contributed by atoms with Crippen LogP contribution in [0.2, 0.25) is 0 Å². The highest BCUT2D eigenvalue weighted by molar-refractivity contribution is 5.60. The predicted molar refractivity (Wildman–Crippen MR) is 103 cm³/mol. The second kappa shape index (κ2) is 8.94. The van der Waals surface area contributed by atoms with Crippen LogP contribution in [-0.2, 0) is 0 Å². The van der Waals surface area contributed by atoms with Crippen LogP contribution in [0.25, 0.3) is 11.3 Å². The number of benzene rings is 1. The molecule has 0 saturated heterocycles. The van der Waals surface area contributed by atoms with E-state index in [4.69, 9.17) is 5.26 Å². The SMILES string of the molecule is CCCCCC1CCC(c2ccc(-c3ccc(C#N)c(F)c3)nc2)CC1. The summed E-state index contributed by atoms with van der Waals surface area (Å²) < 4.78 is 13.8. The smallest absolute Gasteiger partial charge is 0.141 e. The van der Waals surface area contributed by atoms with Gasteiger partial charge in [0.2, 0.25) is 0 Å². The van der Waals surface area contributed by atoms with E-state index in [1.165, 1.54) is 69.1 Å². The van der Waals surface area contributed by atoms with Gasteiger partial charge in [0.1, 0.15) is 11.9 Å².